The van der Waals surface area contributed by atoms with Crippen LogP contribution in [-0.4, -0.2) is 46.8 Å². The lowest BCUT2D eigenvalue weighted by Gasteiger charge is -2.24. The minimum atomic E-state index is -0.156. The van der Waals surface area contributed by atoms with Crippen LogP contribution in [0.3, 0.4) is 0 Å². The number of hydrogen-bond acceptors (Lipinski definition) is 6. The van der Waals surface area contributed by atoms with E-state index >= 15 is 0 Å². The van der Waals surface area contributed by atoms with Crippen molar-refractivity contribution < 1.29 is 14.3 Å². The molecule has 2 fully saturated rings. The van der Waals surface area contributed by atoms with Crippen LogP contribution in [0.4, 0.5) is 0 Å². The molecule has 2 heterocycles. The lowest BCUT2D eigenvalue weighted by Crippen LogP contribution is -2.29. The molecule has 152 valence electrons. The molecule has 2 rings (SSSR count). The summed E-state index contributed by atoms with van der Waals surface area (Å²) in [6.45, 7) is 4.73. The summed E-state index contributed by atoms with van der Waals surface area (Å²) in [5, 5.41) is 1.74. The molecule has 0 radical (unpaired) electrons. The van der Waals surface area contributed by atoms with Gasteiger partial charge >= 0.3 is 5.97 Å². The Balaban J connectivity index is 1.40. The summed E-state index contributed by atoms with van der Waals surface area (Å²) in [5.74, 6) is 2.58. The molecule has 6 heteroatoms. The molecule has 3 nitrogen and oxygen atoms in total. The van der Waals surface area contributed by atoms with Crippen LogP contribution in [0.5, 0.6) is 0 Å². The van der Waals surface area contributed by atoms with E-state index in [4.69, 9.17) is 9.47 Å². The smallest absolute Gasteiger partial charge is 0.306 e. The first kappa shape index (κ1) is 22.8. The van der Waals surface area contributed by atoms with E-state index in [1.165, 1.54) is 50.0 Å². The highest BCUT2D eigenvalue weighted by Gasteiger charge is 2.19. The second-order valence-electron chi connectivity index (χ2n) is 7.48. The third-order valence-corrected chi connectivity index (χ3v) is 9.63. The Hall–Kier alpha value is 0.480. The molecule has 0 amide bonds. The van der Waals surface area contributed by atoms with Gasteiger partial charge in [0, 0.05) is 29.3 Å². The predicted molar refractivity (Wildman–Crippen MR) is 117 cm³/mol. The summed E-state index contributed by atoms with van der Waals surface area (Å²) in [7, 11) is 4.09. The maximum Gasteiger partial charge on any atom is 0.306 e. The topological polar surface area (TPSA) is 35.5 Å². The van der Waals surface area contributed by atoms with Crippen LogP contribution in [0, 0.1) is 0 Å². The molecule has 2 aliphatic heterocycles. The largest absolute Gasteiger partial charge is 0.460 e. The van der Waals surface area contributed by atoms with Gasteiger partial charge < -0.3 is 9.47 Å². The van der Waals surface area contributed by atoms with E-state index in [1.807, 2.05) is 24.6 Å². The number of unbranched alkanes of at least 4 members (excludes halogenated alkanes) is 3. The molecule has 0 aromatic heterocycles. The Morgan fingerprint density at radius 3 is 2.42 bits per heavy atom. The van der Waals surface area contributed by atoms with Crippen LogP contribution < -0.4 is 0 Å². The fourth-order valence-electron chi connectivity index (χ4n) is 3.14. The minimum absolute atomic E-state index is 0.0212. The zero-order valence-corrected chi connectivity index (χ0v) is 18.9. The molecule has 0 spiro atoms. The van der Waals surface area contributed by atoms with Crippen molar-refractivity contribution in [2.45, 2.75) is 101 Å². The Kier molecular flexibility index (Phi) is 11.9. The van der Waals surface area contributed by atoms with Crippen molar-refractivity contribution in [3.8, 4) is 0 Å². The molecule has 0 aromatic carbocycles. The van der Waals surface area contributed by atoms with E-state index < -0.39 is 0 Å². The van der Waals surface area contributed by atoms with Gasteiger partial charge in [-0.1, -0.05) is 40.9 Å². The molecule has 0 N–H and O–H groups in total. The van der Waals surface area contributed by atoms with E-state index in [1.54, 1.807) is 0 Å². The van der Waals surface area contributed by atoms with Crippen molar-refractivity contribution in [2.24, 2.45) is 0 Å². The van der Waals surface area contributed by atoms with Gasteiger partial charge in [0.05, 0.1) is 6.10 Å². The monoisotopic (exact) mass is 420 g/mol. The number of thioether (sulfide) groups is 1. The first-order valence-electron chi connectivity index (χ1n) is 10.4. The molecule has 2 saturated heterocycles. The third-order valence-electron chi connectivity index (χ3n) is 5.21. The van der Waals surface area contributed by atoms with Gasteiger partial charge in [-0.2, -0.15) is 11.8 Å². The normalized spacial score (nSPS) is 24.8. The maximum atomic E-state index is 11.9. The summed E-state index contributed by atoms with van der Waals surface area (Å²) in [6.07, 6.45) is 11.5. The van der Waals surface area contributed by atoms with Crippen molar-refractivity contribution in [2.75, 3.05) is 18.1 Å². The molecule has 26 heavy (non-hydrogen) atoms. The maximum absolute atomic E-state index is 11.9. The van der Waals surface area contributed by atoms with E-state index in [-0.39, 0.29) is 18.2 Å². The number of hydrogen-bond donors (Lipinski definition) is 0. The zero-order chi connectivity index (χ0) is 18.6. The van der Waals surface area contributed by atoms with E-state index in [0.717, 1.165) is 36.4 Å². The molecule has 0 bridgehead atoms. The lowest BCUT2D eigenvalue weighted by molar-refractivity contribution is -0.155. The van der Waals surface area contributed by atoms with Crippen molar-refractivity contribution >= 4 is 39.3 Å². The predicted octanol–water partition coefficient (Wildman–Crippen LogP) is 6.10. The molecular weight excluding hydrogens is 384 g/mol. The van der Waals surface area contributed by atoms with Crippen LogP contribution in [0.25, 0.3) is 0 Å². The number of esters is 1. The quantitative estimate of drug-likeness (QED) is 0.192. The van der Waals surface area contributed by atoms with Crippen molar-refractivity contribution in [3.05, 3.63) is 0 Å². The standard InChI is InChI=1S/C20H36O3S3/c1-16(22-13-7-3-4-9-19-12-15-25-26-19)17(2)23-20(21)10-6-5-8-18-11-14-24-18/h16-19H,3-15H2,1-2H3. The zero-order valence-electron chi connectivity index (χ0n) is 16.5. The molecule has 2 aliphatic rings. The van der Waals surface area contributed by atoms with Gasteiger partial charge in [0.1, 0.15) is 6.10 Å². The highest BCUT2D eigenvalue weighted by Crippen LogP contribution is 2.39. The van der Waals surface area contributed by atoms with E-state index in [2.05, 4.69) is 22.6 Å². The average molecular weight is 421 g/mol. The third kappa shape index (κ3) is 9.61. The summed E-state index contributed by atoms with van der Waals surface area (Å²) in [6, 6.07) is 0. The fraction of sp³-hybridized carbons (Fsp3) is 0.950. The molecule has 0 aliphatic carbocycles. The van der Waals surface area contributed by atoms with Gasteiger partial charge in [-0.05, 0) is 58.1 Å². The Morgan fingerprint density at radius 1 is 0.962 bits per heavy atom. The number of ether oxygens (including phenoxy) is 2. The second kappa shape index (κ2) is 13.6. The first-order valence-corrected chi connectivity index (χ1v) is 13.8. The van der Waals surface area contributed by atoms with Crippen molar-refractivity contribution in [3.63, 3.8) is 0 Å². The summed E-state index contributed by atoms with van der Waals surface area (Å²) in [4.78, 5) is 11.9. The Labute approximate surface area is 172 Å². The van der Waals surface area contributed by atoms with Gasteiger partial charge in [-0.25, -0.2) is 0 Å². The van der Waals surface area contributed by atoms with Gasteiger partial charge in [0.25, 0.3) is 0 Å². The second-order valence-corrected chi connectivity index (χ2v) is 11.7. The van der Waals surface area contributed by atoms with Crippen LogP contribution in [-0.2, 0) is 14.3 Å². The first-order chi connectivity index (χ1) is 12.6. The van der Waals surface area contributed by atoms with Gasteiger partial charge in [-0.3, -0.25) is 4.79 Å². The van der Waals surface area contributed by atoms with Crippen molar-refractivity contribution in [1.82, 2.24) is 0 Å². The van der Waals surface area contributed by atoms with E-state index in [9.17, 15) is 4.79 Å². The summed E-state index contributed by atoms with van der Waals surface area (Å²) < 4.78 is 11.4. The Morgan fingerprint density at radius 2 is 1.73 bits per heavy atom. The highest BCUT2D eigenvalue weighted by molar-refractivity contribution is 8.77. The highest BCUT2D eigenvalue weighted by atomic mass is 33.1. The number of carbonyl (C=O) groups excluding carboxylic acids is 1. The number of rotatable bonds is 14. The average Bonchev–Trinajstić information content (AvgIpc) is 3.09. The summed E-state index contributed by atoms with van der Waals surface area (Å²) >= 11 is 2.06. The molecule has 0 aromatic rings. The van der Waals surface area contributed by atoms with Crippen molar-refractivity contribution in [1.29, 1.82) is 0 Å². The SMILES string of the molecule is CC(OCCCCCC1CCSS1)C(C)OC(=O)CCCCC1CCS1. The van der Waals surface area contributed by atoms with Crippen LogP contribution in [0.1, 0.15) is 78.1 Å². The van der Waals surface area contributed by atoms with Crippen LogP contribution in [0.15, 0.2) is 0 Å². The summed E-state index contributed by atoms with van der Waals surface area (Å²) in [5.41, 5.74) is 0. The van der Waals surface area contributed by atoms with Crippen LogP contribution >= 0.6 is 33.3 Å². The minimum Gasteiger partial charge on any atom is -0.460 e. The fourth-order valence-corrected chi connectivity index (χ4v) is 7.07. The molecular formula is C20H36O3S3. The molecule has 4 unspecified atom stereocenters. The van der Waals surface area contributed by atoms with Crippen LogP contribution in [0.2, 0.25) is 0 Å². The molecule has 4 atom stereocenters. The molecule has 0 saturated carbocycles. The van der Waals surface area contributed by atoms with E-state index in [0.29, 0.717) is 6.42 Å². The van der Waals surface area contributed by atoms with Gasteiger partial charge in [-0.15, -0.1) is 0 Å². The van der Waals surface area contributed by atoms with Gasteiger partial charge in [0.15, 0.2) is 0 Å². The van der Waals surface area contributed by atoms with Gasteiger partial charge in [0.2, 0.25) is 0 Å². The Bertz CT molecular complexity index is 384. The lowest BCUT2D eigenvalue weighted by atomic mass is 10.1. The number of carbonyl (C=O) groups is 1.